The molecule has 1 rings (SSSR count). The van der Waals surface area contributed by atoms with E-state index in [1.807, 2.05) is 25.1 Å². The molecule has 0 unspecified atom stereocenters. The molecule has 0 amide bonds. The molecule has 2 nitrogen and oxygen atoms in total. The second kappa shape index (κ2) is 4.54. The quantitative estimate of drug-likeness (QED) is 0.414. The summed E-state index contributed by atoms with van der Waals surface area (Å²) in [5.41, 5.74) is 2.05. The molecule has 1 aromatic carbocycles. The Bertz CT molecular complexity index is 254. The van der Waals surface area contributed by atoms with Gasteiger partial charge < -0.3 is 5.21 Å². The van der Waals surface area contributed by atoms with Crippen molar-refractivity contribution in [1.82, 2.24) is 0 Å². The van der Waals surface area contributed by atoms with Crippen LogP contribution >= 0.6 is 0 Å². The average molecular weight is 163 g/mol. The van der Waals surface area contributed by atoms with Crippen LogP contribution in [0.2, 0.25) is 0 Å². The summed E-state index contributed by atoms with van der Waals surface area (Å²) < 4.78 is 0. The van der Waals surface area contributed by atoms with E-state index in [-0.39, 0.29) is 0 Å². The number of hydrogen-bond donors (Lipinski definition) is 1. The number of nitrogens with zero attached hydrogens (tertiary/aromatic N) is 1. The zero-order chi connectivity index (χ0) is 8.81. The molecule has 0 atom stereocenters. The Balaban J connectivity index is 2.44. The van der Waals surface area contributed by atoms with Crippen molar-refractivity contribution in [2.24, 2.45) is 5.16 Å². The van der Waals surface area contributed by atoms with E-state index in [4.69, 9.17) is 5.21 Å². The predicted molar refractivity (Wildman–Crippen MR) is 49.7 cm³/mol. The Morgan fingerprint density at radius 3 is 2.58 bits per heavy atom. The summed E-state index contributed by atoms with van der Waals surface area (Å²) >= 11 is 0. The van der Waals surface area contributed by atoms with Gasteiger partial charge in [0.05, 0.1) is 5.71 Å². The monoisotopic (exact) mass is 163 g/mol. The molecule has 0 saturated heterocycles. The largest absolute Gasteiger partial charge is 0.411 e. The third-order valence-electron chi connectivity index (χ3n) is 1.79. The second-order valence-corrected chi connectivity index (χ2v) is 2.82. The molecule has 64 valence electrons. The van der Waals surface area contributed by atoms with Crippen LogP contribution in [0.15, 0.2) is 35.5 Å². The van der Waals surface area contributed by atoms with Crippen LogP contribution < -0.4 is 0 Å². The van der Waals surface area contributed by atoms with Crippen LogP contribution in [0, 0.1) is 0 Å². The zero-order valence-corrected chi connectivity index (χ0v) is 7.20. The second-order valence-electron chi connectivity index (χ2n) is 2.82. The summed E-state index contributed by atoms with van der Waals surface area (Å²) in [4.78, 5) is 0. The van der Waals surface area contributed by atoms with E-state index < -0.39 is 0 Å². The highest BCUT2D eigenvalue weighted by molar-refractivity contribution is 5.81. The maximum absolute atomic E-state index is 8.40. The predicted octanol–water partition coefficient (Wildman–Crippen LogP) is 2.47. The summed E-state index contributed by atoms with van der Waals surface area (Å²) in [6, 6.07) is 10.2. The van der Waals surface area contributed by atoms with Gasteiger partial charge in [0.2, 0.25) is 0 Å². The van der Waals surface area contributed by atoms with E-state index >= 15 is 0 Å². The minimum atomic E-state index is 0.777. The molecule has 0 spiro atoms. The smallest absolute Gasteiger partial charge is 0.0543 e. The lowest BCUT2D eigenvalue weighted by Crippen LogP contribution is -1.94. The van der Waals surface area contributed by atoms with E-state index in [0.717, 1.165) is 18.6 Å². The SMILES string of the molecule is C/C(CCc1ccccc1)=N\O. The fourth-order valence-electron chi connectivity index (χ4n) is 1.02. The van der Waals surface area contributed by atoms with Crippen molar-refractivity contribution >= 4 is 5.71 Å². The Labute approximate surface area is 72.5 Å². The summed E-state index contributed by atoms with van der Waals surface area (Å²) in [5, 5.41) is 11.5. The Morgan fingerprint density at radius 1 is 1.33 bits per heavy atom. The first-order valence-electron chi connectivity index (χ1n) is 4.04. The fraction of sp³-hybridized carbons (Fsp3) is 0.300. The van der Waals surface area contributed by atoms with Gasteiger partial charge in [0.15, 0.2) is 0 Å². The van der Waals surface area contributed by atoms with E-state index in [9.17, 15) is 0 Å². The van der Waals surface area contributed by atoms with Gasteiger partial charge in [-0.2, -0.15) is 0 Å². The number of benzene rings is 1. The highest BCUT2D eigenvalue weighted by Crippen LogP contribution is 2.02. The van der Waals surface area contributed by atoms with Crippen LogP contribution in [0.4, 0.5) is 0 Å². The summed E-state index contributed by atoms with van der Waals surface area (Å²) in [6.45, 7) is 1.82. The van der Waals surface area contributed by atoms with E-state index in [0.29, 0.717) is 0 Å². The van der Waals surface area contributed by atoms with Gasteiger partial charge in [0.25, 0.3) is 0 Å². The first-order chi connectivity index (χ1) is 5.83. The first kappa shape index (κ1) is 8.78. The number of rotatable bonds is 3. The van der Waals surface area contributed by atoms with Crippen molar-refractivity contribution in [2.45, 2.75) is 19.8 Å². The van der Waals surface area contributed by atoms with Crippen LogP contribution in [-0.2, 0) is 6.42 Å². The minimum Gasteiger partial charge on any atom is -0.411 e. The number of aryl methyl sites for hydroxylation is 1. The van der Waals surface area contributed by atoms with Crippen molar-refractivity contribution in [3.05, 3.63) is 35.9 Å². The van der Waals surface area contributed by atoms with Crippen molar-refractivity contribution in [3.8, 4) is 0 Å². The molecule has 0 saturated carbocycles. The van der Waals surface area contributed by atoms with E-state index in [2.05, 4.69) is 17.3 Å². The average Bonchev–Trinajstić information content (AvgIpc) is 2.16. The van der Waals surface area contributed by atoms with Crippen molar-refractivity contribution in [3.63, 3.8) is 0 Å². The minimum absolute atomic E-state index is 0.777. The van der Waals surface area contributed by atoms with Gasteiger partial charge in [-0.15, -0.1) is 0 Å². The van der Waals surface area contributed by atoms with Gasteiger partial charge in [0, 0.05) is 0 Å². The van der Waals surface area contributed by atoms with Crippen molar-refractivity contribution in [2.75, 3.05) is 0 Å². The molecule has 2 heteroatoms. The van der Waals surface area contributed by atoms with Crippen LogP contribution in [0.1, 0.15) is 18.9 Å². The van der Waals surface area contributed by atoms with Crippen molar-refractivity contribution < 1.29 is 5.21 Å². The molecule has 0 aliphatic rings. The molecule has 0 bridgehead atoms. The van der Waals surface area contributed by atoms with Crippen LogP contribution in [0.25, 0.3) is 0 Å². The molecule has 0 aliphatic heterocycles. The van der Waals surface area contributed by atoms with E-state index in [1.165, 1.54) is 5.56 Å². The summed E-state index contributed by atoms with van der Waals surface area (Å²) in [5.74, 6) is 0. The molecule has 0 aromatic heterocycles. The number of hydrogen-bond acceptors (Lipinski definition) is 2. The van der Waals surface area contributed by atoms with Gasteiger partial charge in [-0.1, -0.05) is 35.5 Å². The summed E-state index contributed by atoms with van der Waals surface area (Å²) in [6.07, 6.45) is 1.76. The first-order valence-corrected chi connectivity index (χ1v) is 4.04. The van der Waals surface area contributed by atoms with Gasteiger partial charge in [-0.25, -0.2) is 0 Å². The topological polar surface area (TPSA) is 32.6 Å². The normalized spacial score (nSPS) is 11.6. The van der Waals surface area contributed by atoms with Gasteiger partial charge in [0.1, 0.15) is 0 Å². The highest BCUT2D eigenvalue weighted by atomic mass is 16.4. The van der Waals surface area contributed by atoms with Gasteiger partial charge in [-0.3, -0.25) is 0 Å². The maximum atomic E-state index is 8.40. The fourth-order valence-corrected chi connectivity index (χ4v) is 1.02. The van der Waals surface area contributed by atoms with Gasteiger partial charge in [-0.05, 0) is 25.3 Å². The highest BCUT2D eigenvalue weighted by Gasteiger charge is 1.93. The molecule has 0 heterocycles. The molecule has 12 heavy (non-hydrogen) atoms. The number of oxime groups is 1. The van der Waals surface area contributed by atoms with E-state index in [1.54, 1.807) is 0 Å². The molecule has 1 N–H and O–H groups in total. The Morgan fingerprint density at radius 2 is 2.00 bits per heavy atom. The van der Waals surface area contributed by atoms with Crippen LogP contribution in [0.3, 0.4) is 0 Å². The zero-order valence-electron chi connectivity index (χ0n) is 7.20. The molecule has 0 radical (unpaired) electrons. The van der Waals surface area contributed by atoms with Gasteiger partial charge >= 0.3 is 0 Å². The standard InChI is InChI=1S/C10H13NO/c1-9(11-12)7-8-10-5-3-2-4-6-10/h2-6,12H,7-8H2,1H3/b11-9+. The third-order valence-corrected chi connectivity index (χ3v) is 1.79. The molecular formula is C10H13NO. The lowest BCUT2D eigenvalue weighted by Gasteiger charge is -1.98. The maximum Gasteiger partial charge on any atom is 0.0543 e. The summed E-state index contributed by atoms with van der Waals surface area (Å²) in [7, 11) is 0. The van der Waals surface area contributed by atoms with Crippen LogP contribution in [0.5, 0.6) is 0 Å². The molecule has 1 aromatic rings. The molecule has 0 fully saturated rings. The molecule has 0 aliphatic carbocycles. The Kier molecular flexibility index (Phi) is 3.33. The molecular weight excluding hydrogens is 150 g/mol. The lowest BCUT2D eigenvalue weighted by atomic mass is 10.1. The third kappa shape index (κ3) is 2.74. The van der Waals surface area contributed by atoms with Crippen molar-refractivity contribution in [1.29, 1.82) is 0 Å². The van der Waals surface area contributed by atoms with Crippen LogP contribution in [-0.4, -0.2) is 10.9 Å². The lowest BCUT2D eigenvalue weighted by molar-refractivity contribution is 0.317. The Hall–Kier alpha value is -1.31.